The maximum absolute atomic E-state index is 11.9. The lowest BCUT2D eigenvalue weighted by atomic mass is 10.1. The second-order valence-corrected chi connectivity index (χ2v) is 7.04. The van der Waals surface area contributed by atoms with Crippen molar-refractivity contribution in [2.45, 2.75) is 19.6 Å². The number of thiol groups is 1. The summed E-state index contributed by atoms with van der Waals surface area (Å²) in [6, 6.07) is 13.5. The van der Waals surface area contributed by atoms with Gasteiger partial charge in [-0.2, -0.15) is 0 Å². The number of anilines is 2. The summed E-state index contributed by atoms with van der Waals surface area (Å²) in [5, 5.41) is 13.8. The number of rotatable bonds is 11. The average Bonchev–Trinajstić information content (AvgIpc) is 2.67. The first-order valence-corrected chi connectivity index (χ1v) is 9.55. The van der Waals surface area contributed by atoms with Crippen molar-refractivity contribution in [2.24, 2.45) is 11.5 Å². The lowest BCUT2D eigenvalue weighted by Gasteiger charge is -2.19. The van der Waals surface area contributed by atoms with Gasteiger partial charge in [-0.05, 0) is 36.8 Å². The Kier molecular flexibility index (Phi) is 8.45. The molecule has 2 aromatic carbocycles. The van der Waals surface area contributed by atoms with E-state index in [1.165, 1.54) is 12.1 Å². The van der Waals surface area contributed by atoms with Crippen LogP contribution < -0.4 is 22.1 Å². The minimum Gasteiger partial charge on any atom is -0.374 e. The Labute approximate surface area is 180 Å². The molecule has 0 saturated carbocycles. The zero-order chi connectivity index (χ0) is 22.1. The Balaban J connectivity index is 2.13. The summed E-state index contributed by atoms with van der Waals surface area (Å²) in [5.41, 5.74) is 13.3. The highest BCUT2D eigenvalue weighted by molar-refractivity contribution is 7.84. The largest absolute Gasteiger partial charge is 0.374 e. The van der Waals surface area contributed by atoms with Gasteiger partial charge in [-0.3, -0.25) is 9.59 Å². The standard InChI is InChI=1S/C21H25N5O3S/c1-13(22)9-19(30)26-17-10-15(7-8-16(17)20(23)27)25-18(21(24)28)12-29-11-14-5-3-2-4-6-14/h2-10,18,22,25-26,30H,11-12H2,1H3,(H2,23,27)(H2,24,28)/b19-9-,22-13?/t18-/m1/s1. The van der Waals surface area contributed by atoms with E-state index in [1.54, 1.807) is 19.1 Å². The first-order valence-electron chi connectivity index (χ1n) is 9.10. The summed E-state index contributed by atoms with van der Waals surface area (Å²) < 4.78 is 5.62. The predicted octanol–water partition coefficient (Wildman–Crippen LogP) is 2.49. The molecule has 30 heavy (non-hydrogen) atoms. The summed E-state index contributed by atoms with van der Waals surface area (Å²) in [6.45, 7) is 2.00. The van der Waals surface area contributed by atoms with Gasteiger partial charge in [-0.1, -0.05) is 30.3 Å². The Morgan fingerprint density at radius 3 is 2.50 bits per heavy atom. The minimum atomic E-state index is -0.782. The van der Waals surface area contributed by atoms with Gasteiger partial charge in [0.25, 0.3) is 5.91 Å². The molecule has 2 aromatic rings. The SMILES string of the molecule is CC(=N)/C=C(\S)Nc1cc(N[C@H](COCc2ccccc2)C(N)=O)ccc1C(N)=O. The van der Waals surface area contributed by atoms with Crippen LogP contribution in [0.4, 0.5) is 11.4 Å². The monoisotopic (exact) mass is 427 g/mol. The zero-order valence-electron chi connectivity index (χ0n) is 16.5. The molecule has 0 aliphatic rings. The van der Waals surface area contributed by atoms with Crippen molar-refractivity contribution < 1.29 is 14.3 Å². The van der Waals surface area contributed by atoms with Crippen molar-refractivity contribution >= 4 is 41.5 Å². The van der Waals surface area contributed by atoms with Crippen molar-refractivity contribution in [3.8, 4) is 0 Å². The number of primary amides is 2. The fourth-order valence-electron chi connectivity index (χ4n) is 2.60. The summed E-state index contributed by atoms with van der Waals surface area (Å²) >= 11 is 4.26. The van der Waals surface area contributed by atoms with Crippen LogP contribution in [-0.2, 0) is 16.1 Å². The molecule has 8 nitrogen and oxygen atoms in total. The molecule has 0 aromatic heterocycles. The number of benzene rings is 2. The lowest BCUT2D eigenvalue weighted by molar-refractivity contribution is -0.120. The fourth-order valence-corrected chi connectivity index (χ4v) is 2.91. The van der Waals surface area contributed by atoms with E-state index in [1.807, 2.05) is 30.3 Å². The van der Waals surface area contributed by atoms with Gasteiger partial charge >= 0.3 is 0 Å². The van der Waals surface area contributed by atoms with E-state index >= 15 is 0 Å². The van der Waals surface area contributed by atoms with Gasteiger partial charge < -0.3 is 32.2 Å². The number of ether oxygens (including phenoxy) is 1. The van der Waals surface area contributed by atoms with Crippen molar-refractivity contribution in [2.75, 3.05) is 17.2 Å². The van der Waals surface area contributed by atoms with Crippen LogP contribution in [0, 0.1) is 5.41 Å². The number of hydrogen-bond acceptors (Lipinski definition) is 7. The Bertz CT molecular complexity index is 947. The number of allylic oxidation sites excluding steroid dienone is 1. The highest BCUT2D eigenvalue weighted by Crippen LogP contribution is 2.24. The number of hydrogen-bond donors (Lipinski definition) is 6. The van der Waals surface area contributed by atoms with E-state index in [4.69, 9.17) is 21.6 Å². The van der Waals surface area contributed by atoms with Crippen LogP contribution in [0.3, 0.4) is 0 Å². The summed E-state index contributed by atoms with van der Waals surface area (Å²) in [4.78, 5) is 23.6. The van der Waals surface area contributed by atoms with E-state index in [9.17, 15) is 9.59 Å². The Morgan fingerprint density at radius 1 is 1.20 bits per heavy atom. The molecule has 0 radical (unpaired) electrons. The third-order valence-corrected chi connectivity index (χ3v) is 4.22. The molecular formula is C21H25N5O3S. The van der Waals surface area contributed by atoms with Gasteiger partial charge in [0.1, 0.15) is 6.04 Å². The quantitative estimate of drug-likeness (QED) is 0.241. The van der Waals surface area contributed by atoms with Crippen LogP contribution in [0.25, 0.3) is 0 Å². The van der Waals surface area contributed by atoms with E-state index < -0.39 is 17.9 Å². The Morgan fingerprint density at radius 2 is 1.90 bits per heavy atom. The van der Waals surface area contributed by atoms with E-state index in [0.29, 0.717) is 23.0 Å². The fraction of sp³-hybridized carbons (Fsp3) is 0.190. The maximum Gasteiger partial charge on any atom is 0.250 e. The molecule has 158 valence electrons. The number of nitrogens with two attached hydrogens (primary N) is 2. The molecule has 7 N–H and O–H groups in total. The van der Waals surface area contributed by atoms with Gasteiger partial charge in [-0.15, -0.1) is 12.6 Å². The topological polar surface area (TPSA) is 143 Å². The number of carbonyl (C=O) groups excluding carboxylic acids is 2. The molecule has 2 amide bonds. The van der Waals surface area contributed by atoms with Crippen LogP contribution >= 0.6 is 12.6 Å². The van der Waals surface area contributed by atoms with Gasteiger partial charge in [0.05, 0.1) is 29.5 Å². The van der Waals surface area contributed by atoms with Crippen LogP contribution in [0.15, 0.2) is 59.6 Å². The van der Waals surface area contributed by atoms with Crippen molar-refractivity contribution in [3.63, 3.8) is 0 Å². The third kappa shape index (κ3) is 7.26. The highest BCUT2D eigenvalue weighted by atomic mass is 32.1. The van der Waals surface area contributed by atoms with E-state index in [2.05, 4.69) is 23.3 Å². The highest BCUT2D eigenvalue weighted by Gasteiger charge is 2.17. The normalized spacial score (nSPS) is 12.1. The molecule has 0 unspecified atom stereocenters. The van der Waals surface area contributed by atoms with Crippen LogP contribution in [-0.4, -0.2) is 30.2 Å². The van der Waals surface area contributed by atoms with Crippen molar-refractivity contribution in [1.82, 2.24) is 0 Å². The van der Waals surface area contributed by atoms with Gasteiger partial charge in [-0.25, -0.2) is 0 Å². The van der Waals surface area contributed by atoms with Gasteiger partial charge in [0, 0.05) is 11.4 Å². The summed E-state index contributed by atoms with van der Waals surface area (Å²) in [6.07, 6.45) is 1.48. The smallest absolute Gasteiger partial charge is 0.250 e. The minimum absolute atomic E-state index is 0.0648. The van der Waals surface area contributed by atoms with Crippen LogP contribution in [0.5, 0.6) is 0 Å². The molecule has 0 aliphatic carbocycles. The number of carbonyl (C=O) groups is 2. The van der Waals surface area contributed by atoms with E-state index in [-0.39, 0.29) is 17.9 Å². The van der Waals surface area contributed by atoms with Crippen molar-refractivity contribution in [3.05, 3.63) is 70.8 Å². The number of nitrogens with one attached hydrogen (secondary N) is 3. The molecule has 9 heteroatoms. The van der Waals surface area contributed by atoms with Crippen LogP contribution in [0.2, 0.25) is 0 Å². The second-order valence-electron chi connectivity index (χ2n) is 6.56. The average molecular weight is 428 g/mol. The van der Waals surface area contributed by atoms with Crippen molar-refractivity contribution in [1.29, 1.82) is 5.41 Å². The first kappa shape index (κ1) is 23.0. The summed E-state index contributed by atoms with van der Waals surface area (Å²) in [5.74, 6) is -1.21. The molecule has 0 saturated heterocycles. The third-order valence-electron chi connectivity index (χ3n) is 3.98. The second kappa shape index (κ2) is 11.0. The molecule has 0 heterocycles. The maximum atomic E-state index is 11.9. The lowest BCUT2D eigenvalue weighted by Crippen LogP contribution is -2.39. The summed E-state index contributed by atoms with van der Waals surface area (Å²) in [7, 11) is 0. The molecule has 0 fully saturated rings. The van der Waals surface area contributed by atoms with E-state index in [0.717, 1.165) is 5.56 Å². The van der Waals surface area contributed by atoms with Gasteiger partial charge in [0.2, 0.25) is 5.91 Å². The first-order chi connectivity index (χ1) is 14.3. The van der Waals surface area contributed by atoms with Gasteiger partial charge in [0.15, 0.2) is 0 Å². The number of amides is 2. The predicted molar refractivity (Wildman–Crippen MR) is 122 cm³/mol. The zero-order valence-corrected chi connectivity index (χ0v) is 17.4. The molecule has 2 rings (SSSR count). The molecule has 0 bridgehead atoms. The molecule has 1 atom stereocenters. The molecule has 0 aliphatic heterocycles. The molecular weight excluding hydrogens is 402 g/mol. The molecule has 0 spiro atoms. The van der Waals surface area contributed by atoms with Crippen LogP contribution in [0.1, 0.15) is 22.8 Å². The Hall–Kier alpha value is -3.30.